The van der Waals surface area contributed by atoms with Gasteiger partial charge < -0.3 is 28.7 Å². The van der Waals surface area contributed by atoms with E-state index in [0.717, 1.165) is 82.9 Å². The standard InChI is InChI=1S/C46H72N6O5Si2/c1-12-17-38(56-13-2)30-39-42(36-22-24-50(25-23-36)45(53)57-46(3,4)5)49-43-40(37-20-21-41(47-31-37)35-18-15-14-16-19-35)32-48-52(43)44(39)51(33-54-26-28-58(6,7)8)34-55-27-29-59(9,10)11/h14-16,18-21,31-32,36,38H,12-13,17,22-30,33-34H2,1-11H3. The smallest absolute Gasteiger partial charge is 0.410 e. The van der Waals surface area contributed by atoms with Crippen LogP contribution in [0.4, 0.5) is 10.6 Å². The van der Waals surface area contributed by atoms with E-state index in [9.17, 15) is 4.79 Å². The van der Waals surface area contributed by atoms with Crippen molar-refractivity contribution in [1.29, 1.82) is 0 Å². The van der Waals surface area contributed by atoms with Crippen molar-refractivity contribution in [3.8, 4) is 22.4 Å². The lowest BCUT2D eigenvalue weighted by Gasteiger charge is -2.35. The lowest BCUT2D eigenvalue weighted by Crippen LogP contribution is -2.41. The molecule has 1 aliphatic rings. The van der Waals surface area contributed by atoms with E-state index in [1.54, 1.807) is 0 Å². The molecule has 0 bridgehead atoms. The summed E-state index contributed by atoms with van der Waals surface area (Å²) in [7, 11) is -2.66. The number of aromatic nitrogens is 4. The summed E-state index contributed by atoms with van der Waals surface area (Å²) in [4.78, 5) is 27.8. The summed E-state index contributed by atoms with van der Waals surface area (Å²) >= 11 is 0. The molecule has 13 heteroatoms. The molecule has 1 aromatic carbocycles. The van der Waals surface area contributed by atoms with Crippen LogP contribution in [0, 0.1) is 0 Å². The van der Waals surface area contributed by atoms with Crippen molar-refractivity contribution in [2.75, 3.05) is 51.3 Å². The second-order valence-electron chi connectivity index (χ2n) is 19.4. The average Bonchev–Trinajstić information content (AvgIpc) is 3.60. The van der Waals surface area contributed by atoms with Crippen LogP contribution in [-0.2, 0) is 25.4 Å². The number of nitrogens with zero attached hydrogens (tertiary/aromatic N) is 6. The molecule has 1 fully saturated rings. The Morgan fingerprint density at radius 2 is 1.53 bits per heavy atom. The van der Waals surface area contributed by atoms with Crippen LogP contribution in [0.3, 0.4) is 0 Å². The van der Waals surface area contributed by atoms with Crippen molar-refractivity contribution in [3.05, 3.63) is 66.1 Å². The molecule has 1 aliphatic heterocycles. The molecular formula is C46H72N6O5Si2. The normalized spacial score (nSPS) is 14.9. The van der Waals surface area contributed by atoms with Crippen molar-refractivity contribution < 1.29 is 23.7 Å². The highest BCUT2D eigenvalue weighted by Gasteiger charge is 2.33. The Kier molecular flexibility index (Phi) is 16.3. The maximum atomic E-state index is 13.2. The molecule has 0 spiro atoms. The molecule has 1 amide bonds. The fourth-order valence-electron chi connectivity index (χ4n) is 7.38. The minimum atomic E-state index is -1.33. The number of benzene rings is 1. The largest absolute Gasteiger partial charge is 0.444 e. The highest BCUT2D eigenvalue weighted by molar-refractivity contribution is 6.76. The van der Waals surface area contributed by atoms with E-state index in [1.807, 2.05) is 60.8 Å². The number of amides is 1. The van der Waals surface area contributed by atoms with Gasteiger partial charge in [0.05, 0.1) is 23.7 Å². The summed E-state index contributed by atoms with van der Waals surface area (Å²) in [6.45, 7) is 28.2. The van der Waals surface area contributed by atoms with Crippen LogP contribution < -0.4 is 4.90 Å². The van der Waals surface area contributed by atoms with Crippen LogP contribution >= 0.6 is 0 Å². The van der Waals surface area contributed by atoms with Gasteiger partial charge >= 0.3 is 6.09 Å². The Labute approximate surface area is 356 Å². The monoisotopic (exact) mass is 845 g/mol. The number of piperidine rings is 1. The topological polar surface area (TPSA) is 104 Å². The maximum Gasteiger partial charge on any atom is 0.410 e. The molecular weight excluding hydrogens is 773 g/mol. The van der Waals surface area contributed by atoms with E-state index in [4.69, 9.17) is 34.0 Å². The van der Waals surface area contributed by atoms with Gasteiger partial charge in [0.1, 0.15) is 24.9 Å². The SMILES string of the molecule is CCCC(Cc1c(C2CCN(C(=O)OC(C)(C)C)CC2)nc2c(-c3ccc(-c4ccccc4)nc3)cnn2c1N(COCC[Si](C)(C)C)COCC[Si](C)(C)C)OCC. The number of rotatable bonds is 20. The zero-order valence-corrected chi connectivity index (χ0v) is 40.0. The number of hydrogen-bond acceptors (Lipinski definition) is 9. The van der Waals surface area contributed by atoms with E-state index >= 15 is 0 Å². The number of hydrogen-bond donors (Lipinski definition) is 0. The van der Waals surface area contributed by atoms with Gasteiger partial charge in [0, 0.05) is 89.8 Å². The number of likely N-dealkylation sites (tertiary alicyclic amines) is 1. The molecule has 4 aromatic rings. The van der Waals surface area contributed by atoms with Crippen LogP contribution in [-0.4, -0.2) is 105 Å². The Hall–Kier alpha value is -3.63. The molecule has 1 unspecified atom stereocenters. The first-order valence-corrected chi connectivity index (χ1v) is 29.3. The number of pyridine rings is 1. The van der Waals surface area contributed by atoms with Gasteiger partial charge in [-0.1, -0.05) is 89.0 Å². The predicted molar refractivity (Wildman–Crippen MR) is 246 cm³/mol. The third-order valence-corrected chi connectivity index (χ3v) is 14.1. The second kappa shape index (κ2) is 20.8. The van der Waals surface area contributed by atoms with Gasteiger partial charge in [-0.25, -0.2) is 9.78 Å². The molecule has 324 valence electrons. The van der Waals surface area contributed by atoms with Crippen LogP contribution in [0.5, 0.6) is 0 Å². The summed E-state index contributed by atoms with van der Waals surface area (Å²) in [6, 6.07) is 16.6. The number of carbonyl (C=O) groups is 1. The Morgan fingerprint density at radius 1 is 0.881 bits per heavy atom. The molecule has 11 nitrogen and oxygen atoms in total. The predicted octanol–water partition coefficient (Wildman–Crippen LogP) is 10.8. The zero-order chi connectivity index (χ0) is 42.8. The lowest BCUT2D eigenvalue weighted by molar-refractivity contribution is 0.0203. The van der Waals surface area contributed by atoms with Crippen LogP contribution in [0.25, 0.3) is 28.0 Å². The van der Waals surface area contributed by atoms with Gasteiger partial charge in [0.25, 0.3) is 0 Å². The van der Waals surface area contributed by atoms with Crippen molar-refractivity contribution in [2.24, 2.45) is 0 Å². The van der Waals surface area contributed by atoms with Crippen molar-refractivity contribution in [1.82, 2.24) is 24.5 Å². The molecule has 0 aliphatic carbocycles. The molecule has 4 heterocycles. The summed E-state index contributed by atoms with van der Waals surface area (Å²) in [5.74, 6) is 1.03. The quantitative estimate of drug-likeness (QED) is 0.0489. The minimum absolute atomic E-state index is 0.00386. The molecule has 0 N–H and O–H groups in total. The first-order chi connectivity index (χ1) is 28.0. The van der Waals surface area contributed by atoms with E-state index in [0.29, 0.717) is 52.8 Å². The highest BCUT2D eigenvalue weighted by Crippen LogP contribution is 2.38. The third kappa shape index (κ3) is 13.7. The molecule has 59 heavy (non-hydrogen) atoms. The molecule has 1 atom stereocenters. The number of anilines is 1. The molecule has 0 radical (unpaired) electrons. The molecule has 1 saturated heterocycles. The van der Waals surface area contributed by atoms with Gasteiger partial charge in [-0.05, 0) is 65.1 Å². The lowest BCUT2D eigenvalue weighted by atomic mass is 9.88. The fourth-order valence-corrected chi connectivity index (χ4v) is 8.89. The molecule has 3 aromatic heterocycles. The van der Waals surface area contributed by atoms with Crippen molar-refractivity contribution in [3.63, 3.8) is 0 Å². The average molecular weight is 845 g/mol. The Bertz CT molecular complexity index is 1890. The van der Waals surface area contributed by atoms with Crippen molar-refractivity contribution in [2.45, 2.75) is 136 Å². The number of carbonyl (C=O) groups excluding carboxylic acids is 1. The van der Waals surface area contributed by atoms with Crippen molar-refractivity contribution >= 4 is 33.7 Å². The van der Waals surface area contributed by atoms with Gasteiger partial charge in [-0.15, -0.1) is 0 Å². The summed E-state index contributed by atoms with van der Waals surface area (Å²) in [6.07, 6.45) is 7.70. The zero-order valence-electron chi connectivity index (χ0n) is 38.0. The van der Waals surface area contributed by atoms with E-state index in [2.05, 4.69) is 82.3 Å². The summed E-state index contributed by atoms with van der Waals surface area (Å²) < 4.78 is 27.4. The summed E-state index contributed by atoms with van der Waals surface area (Å²) in [5.41, 5.74) is 6.18. The van der Waals surface area contributed by atoms with Gasteiger partial charge in [0.2, 0.25) is 0 Å². The molecule has 5 rings (SSSR count). The first-order valence-electron chi connectivity index (χ1n) is 21.9. The van der Waals surface area contributed by atoms with Crippen LogP contribution in [0.1, 0.15) is 77.5 Å². The third-order valence-electron chi connectivity index (χ3n) is 10.7. The fraction of sp³-hybridized carbons (Fsp3) is 0.609. The Balaban J connectivity index is 1.66. The second-order valence-corrected chi connectivity index (χ2v) is 30.7. The first kappa shape index (κ1) is 46.4. The van der Waals surface area contributed by atoms with E-state index in [1.165, 1.54) is 0 Å². The van der Waals surface area contributed by atoms with Gasteiger partial charge in [-0.3, -0.25) is 4.98 Å². The van der Waals surface area contributed by atoms with E-state index in [-0.39, 0.29) is 18.1 Å². The number of fused-ring (bicyclic) bond motifs is 1. The van der Waals surface area contributed by atoms with Gasteiger partial charge in [0.15, 0.2) is 5.65 Å². The highest BCUT2D eigenvalue weighted by atomic mass is 28.3. The van der Waals surface area contributed by atoms with Crippen LogP contribution in [0.15, 0.2) is 54.9 Å². The maximum absolute atomic E-state index is 13.2. The minimum Gasteiger partial charge on any atom is -0.444 e. The van der Waals surface area contributed by atoms with Crippen LogP contribution in [0.2, 0.25) is 51.4 Å². The Morgan fingerprint density at radius 3 is 2.07 bits per heavy atom. The molecule has 0 saturated carbocycles. The van der Waals surface area contributed by atoms with E-state index < -0.39 is 21.7 Å². The van der Waals surface area contributed by atoms with Gasteiger partial charge in [-0.2, -0.15) is 9.61 Å². The summed E-state index contributed by atoms with van der Waals surface area (Å²) in [5, 5.41) is 5.12. The number of ether oxygens (including phenoxy) is 4.